The Morgan fingerprint density at radius 3 is 2.00 bits per heavy atom. The third-order valence-electron chi connectivity index (χ3n) is 1.47. The topological polar surface area (TPSA) is 77.8 Å². The lowest BCUT2D eigenvalue weighted by molar-refractivity contribution is 0.371. The van der Waals surface area contributed by atoms with Crippen molar-refractivity contribution in [2.75, 3.05) is 0 Å². The lowest BCUT2D eigenvalue weighted by Gasteiger charge is -2.07. The number of phenols is 1. The van der Waals surface area contributed by atoms with Gasteiger partial charge in [0, 0.05) is 0 Å². The fourth-order valence-electron chi connectivity index (χ4n) is 0.947. The summed E-state index contributed by atoms with van der Waals surface area (Å²) in [7, 11) is -4.07. The molecule has 0 unspecified atom stereocenters. The number of hydrogen-bond donors (Lipinski definition) is 3. The van der Waals surface area contributed by atoms with Gasteiger partial charge in [-0.25, -0.2) is 0 Å². The normalized spacial score (nSPS) is 11.7. The van der Waals surface area contributed by atoms with Gasteiger partial charge in [-0.1, -0.05) is 0 Å². The zero-order valence-corrected chi connectivity index (χ0v) is 10.9. The predicted molar refractivity (Wildman–Crippen MR) is 59.3 cm³/mol. The maximum Gasteiger partial charge on any atom is 0.329 e. The van der Waals surface area contributed by atoms with Crippen LogP contribution in [0.3, 0.4) is 0 Å². The fourth-order valence-corrected chi connectivity index (χ4v) is 2.89. The van der Waals surface area contributed by atoms with E-state index in [1.54, 1.807) is 0 Å². The largest absolute Gasteiger partial charge is 0.506 e. The molecule has 0 aliphatic heterocycles. The van der Waals surface area contributed by atoms with E-state index >= 15 is 0 Å². The average molecular weight is 346 g/mol. The molecule has 0 fully saturated rings. The number of benzene rings is 1. The van der Waals surface area contributed by atoms with Crippen molar-refractivity contribution >= 4 is 39.5 Å². The van der Waals surface area contributed by atoms with Crippen molar-refractivity contribution in [3.8, 4) is 5.75 Å². The van der Waals surface area contributed by atoms with E-state index in [1.165, 1.54) is 12.1 Å². The molecule has 1 aromatic rings. The summed E-state index contributed by atoms with van der Waals surface area (Å²) in [5, 5.41) is 9.34. The second kappa shape index (κ2) is 4.33. The van der Waals surface area contributed by atoms with Gasteiger partial charge < -0.3 is 14.9 Å². The van der Waals surface area contributed by atoms with Crippen LogP contribution < -0.4 is 0 Å². The van der Waals surface area contributed by atoms with Crippen molar-refractivity contribution in [3.63, 3.8) is 0 Å². The summed E-state index contributed by atoms with van der Waals surface area (Å²) in [5.41, 5.74) is 0.454. The van der Waals surface area contributed by atoms with Crippen LogP contribution in [0.4, 0.5) is 0 Å². The third-order valence-corrected chi connectivity index (χ3v) is 3.45. The zero-order valence-electron chi connectivity index (χ0n) is 6.81. The number of hydrogen-bond acceptors (Lipinski definition) is 2. The van der Waals surface area contributed by atoms with E-state index in [2.05, 4.69) is 31.9 Å². The molecule has 3 N–H and O–H groups in total. The highest BCUT2D eigenvalue weighted by Crippen LogP contribution is 2.42. The van der Waals surface area contributed by atoms with Crippen molar-refractivity contribution in [3.05, 3.63) is 26.6 Å². The molecule has 14 heavy (non-hydrogen) atoms. The van der Waals surface area contributed by atoms with Crippen LogP contribution in [0, 0.1) is 0 Å². The summed E-state index contributed by atoms with van der Waals surface area (Å²) in [4.78, 5) is 17.5. The van der Waals surface area contributed by atoms with Crippen molar-refractivity contribution in [1.29, 1.82) is 0 Å². The van der Waals surface area contributed by atoms with Gasteiger partial charge >= 0.3 is 7.60 Å². The van der Waals surface area contributed by atoms with Gasteiger partial charge in [-0.15, -0.1) is 0 Å². The summed E-state index contributed by atoms with van der Waals surface area (Å²) in [5.74, 6) is 0.0134. The van der Waals surface area contributed by atoms with Gasteiger partial charge in [0.15, 0.2) is 0 Å². The molecule has 1 rings (SSSR count). The molecule has 0 radical (unpaired) electrons. The average Bonchev–Trinajstić information content (AvgIpc) is 1.96. The minimum Gasteiger partial charge on any atom is -0.506 e. The predicted octanol–water partition coefficient (Wildman–Crippen LogP) is 2.59. The fraction of sp³-hybridized carbons (Fsp3) is 0.143. The lowest BCUT2D eigenvalue weighted by Crippen LogP contribution is -1.87. The summed E-state index contributed by atoms with van der Waals surface area (Å²) in [6.45, 7) is 0. The molecule has 0 amide bonds. The SMILES string of the molecule is O=P(O)(O)Cc1cc(Br)c(O)c(Br)c1. The Bertz CT molecular complexity index is 378. The number of rotatable bonds is 2. The molecule has 0 aliphatic carbocycles. The molecule has 0 bridgehead atoms. The van der Waals surface area contributed by atoms with E-state index < -0.39 is 7.60 Å². The van der Waals surface area contributed by atoms with E-state index in [4.69, 9.17) is 9.79 Å². The maximum absolute atomic E-state index is 10.7. The monoisotopic (exact) mass is 344 g/mol. The van der Waals surface area contributed by atoms with Gasteiger partial charge in [-0.3, -0.25) is 4.57 Å². The molecule has 0 saturated heterocycles. The molecule has 1 aromatic carbocycles. The Labute approximate surface area is 97.4 Å². The van der Waals surface area contributed by atoms with Gasteiger partial charge in [0.05, 0.1) is 15.1 Å². The lowest BCUT2D eigenvalue weighted by atomic mass is 10.2. The van der Waals surface area contributed by atoms with E-state index in [9.17, 15) is 9.67 Å². The van der Waals surface area contributed by atoms with Crippen LogP contribution in [0.1, 0.15) is 5.56 Å². The molecule has 0 atom stereocenters. The Morgan fingerprint density at radius 2 is 1.64 bits per heavy atom. The number of halogens is 2. The van der Waals surface area contributed by atoms with Gasteiger partial charge in [-0.2, -0.15) is 0 Å². The zero-order chi connectivity index (χ0) is 10.9. The molecular formula is C7H7Br2O4P. The van der Waals surface area contributed by atoms with Crippen LogP contribution in [0.5, 0.6) is 5.75 Å². The van der Waals surface area contributed by atoms with Gasteiger partial charge in [0.1, 0.15) is 5.75 Å². The number of phenolic OH excluding ortho intramolecular Hbond substituents is 1. The molecular weight excluding hydrogens is 339 g/mol. The van der Waals surface area contributed by atoms with Crippen LogP contribution in [-0.4, -0.2) is 14.9 Å². The van der Waals surface area contributed by atoms with Crippen LogP contribution in [0.2, 0.25) is 0 Å². The molecule has 0 aromatic heterocycles. The summed E-state index contributed by atoms with van der Waals surface area (Å²) in [6.07, 6.45) is -0.343. The molecule has 7 heteroatoms. The minimum atomic E-state index is -4.07. The summed E-state index contributed by atoms with van der Waals surface area (Å²) < 4.78 is 11.5. The highest BCUT2D eigenvalue weighted by Gasteiger charge is 2.16. The van der Waals surface area contributed by atoms with Crippen molar-refractivity contribution < 1.29 is 19.5 Å². The quantitative estimate of drug-likeness (QED) is 0.720. The van der Waals surface area contributed by atoms with Crippen LogP contribution in [-0.2, 0) is 10.7 Å². The van der Waals surface area contributed by atoms with Crippen molar-refractivity contribution in [2.24, 2.45) is 0 Å². The highest BCUT2D eigenvalue weighted by molar-refractivity contribution is 9.11. The maximum atomic E-state index is 10.7. The van der Waals surface area contributed by atoms with Gasteiger partial charge in [0.2, 0.25) is 0 Å². The van der Waals surface area contributed by atoms with Crippen molar-refractivity contribution in [2.45, 2.75) is 6.16 Å². The first-order valence-electron chi connectivity index (χ1n) is 3.51. The highest BCUT2D eigenvalue weighted by atomic mass is 79.9. The van der Waals surface area contributed by atoms with E-state index in [1.807, 2.05) is 0 Å². The van der Waals surface area contributed by atoms with E-state index in [-0.39, 0.29) is 11.9 Å². The van der Waals surface area contributed by atoms with Gasteiger partial charge in [0.25, 0.3) is 0 Å². The molecule has 78 valence electrons. The van der Waals surface area contributed by atoms with Crippen LogP contribution in [0.15, 0.2) is 21.1 Å². The van der Waals surface area contributed by atoms with Crippen LogP contribution >= 0.6 is 39.5 Å². The Morgan fingerprint density at radius 1 is 1.21 bits per heavy atom. The Kier molecular flexibility index (Phi) is 3.77. The Balaban J connectivity index is 3.08. The Hall–Kier alpha value is 0.130. The first-order valence-corrected chi connectivity index (χ1v) is 6.89. The first kappa shape index (κ1) is 12.2. The first-order chi connectivity index (χ1) is 6.29. The molecule has 4 nitrogen and oxygen atoms in total. The molecule has 0 saturated carbocycles. The van der Waals surface area contributed by atoms with E-state index in [0.29, 0.717) is 14.5 Å². The standard InChI is InChI=1S/C7H7Br2O4P/c8-5-1-4(3-14(11,12)13)2-6(9)7(5)10/h1-2,10H,3H2,(H2,11,12,13). The molecule has 0 heterocycles. The summed E-state index contributed by atoms with van der Waals surface area (Å²) in [6, 6.07) is 2.94. The molecule has 0 spiro atoms. The second-order valence-corrected chi connectivity index (χ2v) is 6.09. The number of aromatic hydroxyl groups is 1. The second-order valence-electron chi connectivity index (χ2n) is 2.73. The summed E-state index contributed by atoms with van der Waals surface area (Å²) >= 11 is 6.14. The smallest absolute Gasteiger partial charge is 0.329 e. The van der Waals surface area contributed by atoms with E-state index in [0.717, 1.165) is 0 Å². The van der Waals surface area contributed by atoms with Crippen molar-refractivity contribution in [1.82, 2.24) is 0 Å². The minimum absolute atomic E-state index is 0.0134. The third kappa shape index (κ3) is 3.37. The van der Waals surface area contributed by atoms with Crippen LogP contribution in [0.25, 0.3) is 0 Å². The van der Waals surface area contributed by atoms with Gasteiger partial charge in [-0.05, 0) is 49.6 Å². The molecule has 0 aliphatic rings.